The number of rotatable bonds is 3. The molecule has 2 aromatic rings. The fourth-order valence-electron chi connectivity index (χ4n) is 1.30. The van der Waals surface area contributed by atoms with E-state index < -0.39 is 0 Å². The highest BCUT2D eigenvalue weighted by Crippen LogP contribution is 2.24. The number of hydrogen-bond donors (Lipinski definition) is 1. The fourth-order valence-corrected chi connectivity index (χ4v) is 1.72. The zero-order chi connectivity index (χ0) is 13.0. The van der Waals surface area contributed by atoms with Gasteiger partial charge in [0.2, 0.25) is 0 Å². The molecule has 0 bridgehead atoms. The van der Waals surface area contributed by atoms with Gasteiger partial charge in [0.05, 0.1) is 21.9 Å². The molecule has 0 saturated heterocycles. The first-order valence-corrected chi connectivity index (χ1v) is 6.28. The van der Waals surface area contributed by atoms with Crippen molar-refractivity contribution in [2.24, 2.45) is 5.10 Å². The quantitative estimate of drug-likeness (QED) is 0.619. The summed E-state index contributed by atoms with van der Waals surface area (Å²) >= 11 is 17.5. The van der Waals surface area contributed by atoms with Crippen LogP contribution in [0.1, 0.15) is 5.56 Å². The third kappa shape index (κ3) is 3.64. The number of hydrogen-bond acceptors (Lipinski definition) is 2. The lowest BCUT2D eigenvalue weighted by molar-refractivity contribution is 1.35. The van der Waals surface area contributed by atoms with Gasteiger partial charge in [-0.25, -0.2) is 0 Å². The van der Waals surface area contributed by atoms with E-state index in [1.807, 2.05) is 24.3 Å². The summed E-state index contributed by atoms with van der Waals surface area (Å²) < 4.78 is 0. The van der Waals surface area contributed by atoms with Crippen molar-refractivity contribution in [3.8, 4) is 0 Å². The van der Waals surface area contributed by atoms with Crippen molar-refractivity contribution in [1.29, 1.82) is 0 Å². The van der Waals surface area contributed by atoms with Gasteiger partial charge in [0.1, 0.15) is 0 Å². The first-order valence-electron chi connectivity index (χ1n) is 5.15. The summed E-state index contributed by atoms with van der Waals surface area (Å²) in [6, 6.07) is 12.6. The maximum Gasteiger partial charge on any atom is 0.0613 e. The number of halogens is 3. The summed E-state index contributed by atoms with van der Waals surface area (Å²) in [7, 11) is 0. The molecule has 0 radical (unpaired) electrons. The minimum Gasteiger partial charge on any atom is -0.278 e. The molecule has 1 N–H and O–H groups in total. The molecule has 2 rings (SSSR count). The van der Waals surface area contributed by atoms with Crippen LogP contribution in [-0.4, -0.2) is 6.21 Å². The summed E-state index contributed by atoms with van der Waals surface area (Å²) in [4.78, 5) is 0. The van der Waals surface area contributed by atoms with Crippen LogP contribution in [-0.2, 0) is 0 Å². The molecular formula is C13H9Cl3N2. The summed E-state index contributed by atoms with van der Waals surface area (Å²) in [6.45, 7) is 0. The van der Waals surface area contributed by atoms with E-state index in [-0.39, 0.29) is 0 Å². The molecule has 0 atom stereocenters. The number of anilines is 1. The number of hydrazone groups is 1. The number of benzene rings is 2. The molecule has 0 unspecified atom stereocenters. The van der Waals surface area contributed by atoms with E-state index in [0.717, 1.165) is 11.3 Å². The SMILES string of the molecule is Clc1ccc(C=NNc2ccc(Cl)c(Cl)c2)cc1. The fraction of sp³-hybridized carbons (Fsp3) is 0. The molecule has 0 heterocycles. The Balaban J connectivity index is 2.02. The maximum atomic E-state index is 5.89. The van der Waals surface area contributed by atoms with E-state index in [0.29, 0.717) is 15.1 Å². The number of nitrogens with one attached hydrogen (secondary N) is 1. The molecule has 0 aliphatic rings. The van der Waals surface area contributed by atoms with Gasteiger partial charge in [-0.05, 0) is 35.9 Å². The van der Waals surface area contributed by atoms with E-state index >= 15 is 0 Å². The first-order chi connectivity index (χ1) is 8.65. The van der Waals surface area contributed by atoms with Crippen LogP contribution in [0.2, 0.25) is 15.1 Å². The van der Waals surface area contributed by atoms with Gasteiger partial charge in [-0.3, -0.25) is 5.43 Å². The zero-order valence-corrected chi connectivity index (χ0v) is 11.5. The van der Waals surface area contributed by atoms with Crippen molar-refractivity contribution in [1.82, 2.24) is 0 Å². The minimum atomic E-state index is 0.489. The lowest BCUT2D eigenvalue weighted by Crippen LogP contribution is -1.90. The van der Waals surface area contributed by atoms with E-state index in [4.69, 9.17) is 34.8 Å². The van der Waals surface area contributed by atoms with Crippen LogP contribution >= 0.6 is 34.8 Å². The van der Waals surface area contributed by atoms with Gasteiger partial charge in [-0.15, -0.1) is 0 Å². The van der Waals surface area contributed by atoms with Crippen LogP contribution < -0.4 is 5.43 Å². The molecule has 5 heteroatoms. The van der Waals surface area contributed by atoms with E-state index in [1.165, 1.54) is 0 Å². The molecule has 0 fully saturated rings. The zero-order valence-electron chi connectivity index (χ0n) is 9.20. The van der Waals surface area contributed by atoms with Gasteiger partial charge in [0.25, 0.3) is 0 Å². The van der Waals surface area contributed by atoms with Crippen molar-refractivity contribution in [2.75, 3.05) is 5.43 Å². The second-order valence-corrected chi connectivity index (χ2v) is 4.80. The van der Waals surface area contributed by atoms with Gasteiger partial charge < -0.3 is 0 Å². The van der Waals surface area contributed by atoms with Crippen LogP contribution in [0.25, 0.3) is 0 Å². The van der Waals surface area contributed by atoms with Crippen LogP contribution in [0.3, 0.4) is 0 Å². The Hall–Kier alpha value is -1.22. The topological polar surface area (TPSA) is 24.4 Å². The largest absolute Gasteiger partial charge is 0.278 e. The van der Waals surface area contributed by atoms with Gasteiger partial charge in [0.15, 0.2) is 0 Å². The first kappa shape index (κ1) is 13.2. The summed E-state index contributed by atoms with van der Waals surface area (Å²) in [5, 5.41) is 5.80. The van der Waals surface area contributed by atoms with Crippen LogP contribution in [0.15, 0.2) is 47.6 Å². The molecule has 2 nitrogen and oxygen atoms in total. The molecule has 18 heavy (non-hydrogen) atoms. The van der Waals surface area contributed by atoms with Crippen molar-refractivity contribution < 1.29 is 0 Å². The minimum absolute atomic E-state index is 0.489. The standard InChI is InChI=1S/C13H9Cl3N2/c14-10-3-1-9(2-4-10)8-17-18-11-5-6-12(15)13(16)7-11/h1-8,18H. The van der Waals surface area contributed by atoms with Crippen molar-refractivity contribution in [3.05, 3.63) is 63.1 Å². The van der Waals surface area contributed by atoms with Crippen molar-refractivity contribution in [3.63, 3.8) is 0 Å². The predicted molar refractivity (Wildman–Crippen MR) is 79.1 cm³/mol. The summed E-state index contributed by atoms with van der Waals surface area (Å²) in [6.07, 6.45) is 1.69. The average molecular weight is 300 g/mol. The van der Waals surface area contributed by atoms with Crippen molar-refractivity contribution >= 4 is 46.7 Å². The third-order valence-electron chi connectivity index (χ3n) is 2.20. The molecule has 92 valence electrons. The van der Waals surface area contributed by atoms with Gasteiger partial charge >= 0.3 is 0 Å². The molecular weight excluding hydrogens is 291 g/mol. The molecule has 2 aromatic carbocycles. The second kappa shape index (κ2) is 6.10. The Morgan fingerprint density at radius 1 is 0.889 bits per heavy atom. The Bertz CT molecular complexity index is 565. The van der Waals surface area contributed by atoms with E-state index in [1.54, 1.807) is 24.4 Å². The molecule has 0 aromatic heterocycles. The Morgan fingerprint density at radius 2 is 1.61 bits per heavy atom. The second-order valence-electron chi connectivity index (χ2n) is 3.55. The van der Waals surface area contributed by atoms with Crippen molar-refractivity contribution in [2.45, 2.75) is 0 Å². The van der Waals surface area contributed by atoms with Crippen LogP contribution in [0.5, 0.6) is 0 Å². The highest BCUT2D eigenvalue weighted by Gasteiger charge is 1.97. The molecule has 0 aliphatic carbocycles. The van der Waals surface area contributed by atoms with Gasteiger partial charge in [-0.2, -0.15) is 5.10 Å². The van der Waals surface area contributed by atoms with Gasteiger partial charge in [-0.1, -0.05) is 46.9 Å². The lowest BCUT2D eigenvalue weighted by atomic mass is 10.2. The smallest absolute Gasteiger partial charge is 0.0613 e. The van der Waals surface area contributed by atoms with Gasteiger partial charge in [0, 0.05) is 5.02 Å². The maximum absolute atomic E-state index is 5.89. The lowest BCUT2D eigenvalue weighted by Gasteiger charge is -2.01. The normalized spacial score (nSPS) is 10.8. The van der Waals surface area contributed by atoms with E-state index in [2.05, 4.69) is 10.5 Å². The highest BCUT2D eigenvalue weighted by molar-refractivity contribution is 6.42. The Kier molecular flexibility index (Phi) is 4.48. The van der Waals surface area contributed by atoms with Crippen LogP contribution in [0.4, 0.5) is 5.69 Å². The number of nitrogens with zero attached hydrogens (tertiary/aromatic N) is 1. The molecule has 0 saturated carbocycles. The molecule has 0 spiro atoms. The summed E-state index contributed by atoms with van der Waals surface area (Å²) in [5.74, 6) is 0. The summed E-state index contributed by atoms with van der Waals surface area (Å²) in [5.41, 5.74) is 4.59. The Morgan fingerprint density at radius 3 is 2.28 bits per heavy atom. The Labute approximate surface area is 120 Å². The third-order valence-corrected chi connectivity index (χ3v) is 3.19. The highest BCUT2D eigenvalue weighted by atomic mass is 35.5. The van der Waals surface area contributed by atoms with Crippen LogP contribution in [0, 0.1) is 0 Å². The molecule has 0 aliphatic heterocycles. The predicted octanol–water partition coefficient (Wildman–Crippen LogP) is 5.09. The average Bonchev–Trinajstić information content (AvgIpc) is 2.36. The monoisotopic (exact) mass is 298 g/mol. The molecule has 0 amide bonds. The van der Waals surface area contributed by atoms with E-state index in [9.17, 15) is 0 Å².